The molecule has 0 aliphatic heterocycles. The molecule has 4 nitrogen and oxygen atoms in total. The van der Waals surface area contributed by atoms with Crippen LogP contribution in [0.15, 0.2) is 0 Å². The van der Waals surface area contributed by atoms with Crippen molar-refractivity contribution in [3.05, 3.63) is 10.1 Å². The van der Waals surface area contributed by atoms with Crippen molar-refractivity contribution in [1.82, 2.24) is 0 Å². The molecule has 0 rings (SSSR count). The van der Waals surface area contributed by atoms with Crippen LogP contribution in [0.2, 0.25) is 0 Å². The number of hydrogen-bond acceptors (Lipinski definition) is 2. The van der Waals surface area contributed by atoms with E-state index in [2.05, 4.69) is 0 Å². The zero-order valence-electron chi connectivity index (χ0n) is 2.75. The van der Waals surface area contributed by atoms with E-state index in [-0.39, 0.29) is 44.1 Å². The van der Waals surface area contributed by atoms with E-state index < -0.39 is 5.09 Å². The molecule has 0 spiro atoms. The maximum absolute atomic E-state index is 8.36. The number of rotatable bonds is 0. The summed E-state index contributed by atoms with van der Waals surface area (Å²) in [6, 6.07) is 0. The molecule has 3 radical (unpaired) electrons. The first-order valence-corrected chi connectivity index (χ1v) is 0.565. The van der Waals surface area contributed by atoms with Gasteiger partial charge in [-0.3, -0.25) is 0 Å². The monoisotopic (exact) mass is 332 g/mol. The van der Waals surface area contributed by atoms with Crippen LogP contribution in [-0.2, 0) is 16.8 Å². The molecule has 0 aromatic heterocycles. The Morgan fingerprint density at radius 2 is 1.67 bits per heavy atom. The molecule has 0 saturated heterocycles. The van der Waals surface area contributed by atoms with Crippen molar-refractivity contribution in [1.29, 1.82) is 0 Å². The molecule has 0 aromatic carbocycles. The predicted molar refractivity (Wildman–Crippen MR) is 17.3 cm³/mol. The molecule has 0 aliphatic carbocycles. The van der Waals surface area contributed by atoms with Crippen molar-refractivity contribution in [3.8, 4) is 0 Å². The maximum atomic E-state index is 8.36. The number of nitrogens with zero attached hydrogens (tertiary/aromatic N) is 1. The molecule has 0 saturated carbocycles. The summed E-state index contributed by atoms with van der Waals surface area (Å²) < 4.78 is 0. The Morgan fingerprint density at radius 3 is 1.67 bits per heavy atom. The molecule has 0 fully saturated rings. The molecule has 0 unspecified atom stereocenters. The van der Waals surface area contributed by atoms with Gasteiger partial charge in [0.25, 0.3) is 5.09 Å². The van der Waals surface area contributed by atoms with E-state index in [4.69, 9.17) is 15.3 Å². The van der Waals surface area contributed by atoms with E-state index in [1.807, 2.05) is 0 Å². The molecule has 0 bridgehead atoms. The van der Waals surface area contributed by atoms with Gasteiger partial charge in [-0.1, -0.05) is 0 Å². The predicted octanol–water partition coefficient (Wildman–Crippen LogP) is -1.27. The minimum absolute atomic E-state index is 0. The molecule has 39 valence electrons. The van der Waals surface area contributed by atoms with Crippen LogP contribution in [0.25, 0.3) is 0 Å². The second-order valence-electron chi connectivity index (χ2n) is 0.238. The summed E-state index contributed by atoms with van der Waals surface area (Å²) in [5, 5.41) is 13.6. The van der Waals surface area contributed by atoms with Crippen molar-refractivity contribution in [2.75, 3.05) is 0 Å². The third-order valence-electron chi connectivity index (χ3n) is 0. The Bertz CT molecular complexity index is 33.8. The van der Waals surface area contributed by atoms with E-state index in [1.54, 1.807) is 0 Å². The summed E-state index contributed by atoms with van der Waals surface area (Å²) in [4.78, 5) is 8.36. The summed E-state index contributed by atoms with van der Waals surface area (Å²) in [5.41, 5.74) is 0. The Morgan fingerprint density at radius 1 is 1.67 bits per heavy atom. The Hall–Kier alpha value is 0.629. The minimum atomic E-state index is -1.50. The second kappa shape index (κ2) is 9.16. The third-order valence-corrected chi connectivity index (χ3v) is 0. The Kier molecular flexibility index (Phi) is 24.3. The molecule has 0 atom stereocenters. The summed E-state index contributed by atoms with van der Waals surface area (Å²) in [7, 11) is 0. The van der Waals surface area contributed by atoms with Gasteiger partial charge in [-0.15, -0.1) is 10.1 Å². The summed E-state index contributed by atoms with van der Waals surface area (Å²) in [6.07, 6.45) is 0. The zero-order valence-corrected chi connectivity index (χ0v) is 9.29. The van der Waals surface area contributed by atoms with Crippen molar-refractivity contribution in [2.24, 2.45) is 0 Å². The van der Waals surface area contributed by atoms with E-state index in [9.17, 15) is 0 Å². The first kappa shape index (κ1) is 15.9. The van der Waals surface area contributed by atoms with E-state index in [1.165, 1.54) is 0 Å². The van der Waals surface area contributed by atoms with Crippen LogP contribution < -0.4 is 0 Å². The van der Waals surface area contributed by atoms with Crippen LogP contribution in [0.1, 0.15) is 0 Å². The molecule has 1 N–H and O–H groups in total. The van der Waals surface area contributed by atoms with Gasteiger partial charge in [0.15, 0.2) is 0 Å². The van der Waals surface area contributed by atoms with Gasteiger partial charge in [-0.05, 0) is 0 Å². The molecule has 6 heavy (non-hydrogen) atoms. The quantitative estimate of drug-likeness (QED) is 0.342. The summed E-state index contributed by atoms with van der Waals surface area (Å²) in [6.45, 7) is 0. The first-order valence-electron chi connectivity index (χ1n) is 0.565. The molecule has 0 aliphatic rings. The molecule has 6 heteroatoms. The third kappa shape index (κ3) is 154. The zero-order chi connectivity index (χ0) is 3.58. The van der Waals surface area contributed by atoms with Crippen LogP contribution >= 0.6 is 0 Å². The van der Waals surface area contributed by atoms with Crippen LogP contribution in [0.3, 0.4) is 0 Å². The van der Waals surface area contributed by atoms with Crippen molar-refractivity contribution < 1.29 is 27.1 Å². The van der Waals surface area contributed by atoms with Gasteiger partial charge < -0.3 is 5.21 Å². The standard InChI is InChI=1S/Co.HNO3.Pb.2H/c;2-1(3)4;;;/h;(H,2,3,4);;;. The average Bonchev–Trinajstić information content (AvgIpc) is 0.811. The van der Waals surface area contributed by atoms with Gasteiger partial charge in [-0.25, -0.2) is 0 Å². The van der Waals surface area contributed by atoms with Gasteiger partial charge >= 0.3 is 27.3 Å². The van der Waals surface area contributed by atoms with E-state index >= 15 is 0 Å². The van der Waals surface area contributed by atoms with Crippen LogP contribution in [-0.4, -0.2) is 37.6 Å². The molecular formula is H3CoNO3Pb. The average molecular weight is 331 g/mol. The van der Waals surface area contributed by atoms with Crippen molar-refractivity contribution >= 4 is 27.3 Å². The molecular weight excluding hydrogens is 328 g/mol. The van der Waals surface area contributed by atoms with Gasteiger partial charge in [0.05, 0.1) is 0 Å². The fourth-order valence-corrected chi connectivity index (χ4v) is 0. The summed E-state index contributed by atoms with van der Waals surface area (Å²) >= 11 is 0. The second-order valence-corrected chi connectivity index (χ2v) is 0.238. The fourth-order valence-electron chi connectivity index (χ4n) is 0. The van der Waals surface area contributed by atoms with Crippen LogP contribution in [0, 0.1) is 10.1 Å². The SMILES string of the molecule is O=[N+]([O-])O.[Co].[PbH2]. The topological polar surface area (TPSA) is 63.4 Å². The molecule has 0 heterocycles. The number of hydrogen-bond donors (Lipinski definition) is 1. The van der Waals surface area contributed by atoms with Crippen LogP contribution in [0.4, 0.5) is 0 Å². The van der Waals surface area contributed by atoms with Gasteiger partial charge in [0.2, 0.25) is 0 Å². The van der Waals surface area contributed by atoms with Gasteiger partial charge in [0.1, 0.15) is 0 Å². The van der Waals surface area contributed by atoms with E-state index in [0.717, 1.165) is 0 Å². The fraction of sp³-hybridized carbons (Fsp3) is 0. The van der Waals surface area contributed by atoms with E-state index in [0.29, 0.717) is 0 Å². The summed E-state index contributed by atoms with van der Waals surface area (Å²) in [5.74, 6) is 0. The first-order chi connectivity index (χ1) is 1.73. The van der Waals surface area contributed by atoms with Crippen molar-refractivity contribution in [2.45, 2.75) is 0 Å². The van der Waals surface area contributed by atoms with Crippen LogP contribution in [0.5, 0.6) is 0 Å². The molecule has 0 amide bonds. The van der Waals surface area contributed by atoms with Crippen molar-refractivity contribution in [3.63, 3.8) is 0 Å². The Labute approximate surface area is 64.4 Å². The van der Waals surface area contributed by atoms with Gasteiger partial charge in [-0.2, -0.15) is 0 Å². The normalized spacial score (nSPS) is 4.00. The van der Waals surface area contributed by atoms with Gasteiger partial charge in [0, 0.05) is 16.8 Å². The molecule has 0 aromatic rings. The Balaban J connectivity index is -0.0000000450.